The Hall–Kier alpha value is -1.20. The number of likely N-dealkylation sites (N-methyl/N-ethyl adjacent to an activating group) is 1. The molecule has 0 aliphatic carbocycles. The van der Waals surface area contributed by atoms with Crippen molar-refractivity contribution in [2.75, 3.05) is 18.5 Å². The molecule has 1 aromatic heterocycles. The Bertz CT molecular complexity index is 304. The summed E-state index contributed by atoms with van der Waals surface area (Å²) in [7, 11) is 1.87. The molecule has 5 heteroatoms. The summed E-state index contributed by atoms with van der Waals surface area (Å²) in [6.07, 6.45) is 3.31. The van der Waals surface area contributed by atoms with Gasteiger partial charge in [-0.25, -0.2) is 4.98 Å². The van der Waals surface area contributed by atoms with Gasteiger partial charge in [0.1, 0.15) is 5.82 Å². The van der Waals surface area contributed by atoms with Gasteiger partial charge in [-0.2, -0.15) is 0 Å². The largest absolute Gasteiger partial charge is 0.389 e. The molecule has 0 aliphatic heterocycles. The second-order valence-corrected chi connectivity index (χ2v) is 4.24. The molecule has 0 bridgehead atoms. The number of hydrogen-bond acceptors (Lipinski definition) is 5. The van der Waals surface area contributed by atoms with Crippen LogP contribution in [0.1, 0.15) is 19.5 Å². The Balaban J connectivity index is 2.70. The van der Waals surface area contributed by atoms with E-state index in [0.717, 1.165) is 11.5 Å². The van der Waals surface area contributed by atoms with E-state index in [1.807, 2.05) is 11.9 Å². The third-order valence-electron chi connectivity index (χ3n) is 1.92. The van der Waals surface area contributed by atoms with Crippen LogP contribution < -0.4 is 10.6 Å². The van der Waals surface area contributed by atoms with Crippen LogP contribution in [0.2, 0.25) is 0 Å². The Kier molecular flexibility index (Phi) is 3.60. The van der Waals surface area contributed by atoms with Gasteiger partial charge in [-0.1, -0.05) is 0 Å². The van der Waals surface area contributed by atoms with Gasteiger partial charge in [-0.05, 0) is 13.8 Å². The van der Waals surface area contributed by atoms with Gasteiger partial charge in [0.2, 0.25) is 0 Å². The van der Waals surface area contributed by atoms with Crippen LogP contribution in [0.15, 0.2) is 12.4 Å². The van der Waals surface area contributed by atoms with Crippen molar-refractivity contribution in [3.8, 4) is 0 Å². The van der Waals surface area contributed by atoms with Gasteiger partial charge in [0.25, 0.3) is 0 Å². The van der Waals surface area contributed by atoms with Crippen LogP contribution >= 0.6 is 0 Å². The zero-order chi connectivity index (χ0) is 11.5. The number of anilines is 1. The Labute approximate surface area is 90.0 Å². The van der Waals surface area contributed by atoms with Gasteiger partial charge in [0.15, 0.2) is 0 Å². The number of hydrogen-bond donors (Lipinski definition) is 2. The van der Waals surface area contributed by atoms with Gasteiger partial charge >= 0.3 is 0 Å². The average Bonchev–Trinajstić information content (AvgIpc) is 2.15. The predicted molar refractivity (Wildman–Crippen MR) is 59.5 cm³/mol. The average molecular weight is 210 g/mol. The van der Waals surface area contributed by atoms with Crippen molar-refractivity contribution >= 4 is 5.82 Å². The first kappa shape index (κ1) is 11.9. The lowest BCUT2D eigenvalue weighted by atomic mass is 10.1. The van der Waals surface area contributed by atoms with Crippen LogP contribution in [0, 0.1) is 0 Å². The van der Waals surface area contributed by atoms with Crippen LogP contribution in [-0.4, -0.2) is 34.3 Å². The van der Waals surface area contributed by atoms with Crippen molar-refractivity contribution in [3.63, 3.8) is 0 Å². The summed E-state index contributed by atoms with van der Waals surface area (Å²) in [4.78, 5) is 10.2. The molecule has 1 aromatic rings. The third kappa shape index (κ3) is 3.81. The van der Waals surface area contributed by atoms with E-state index in [0.29, 0.717) is 13.1 Å². The van der Waals surface area contributed by atoms with Crippen molar-refractivity contribution in [1.29, 1.82) is 0 Å². The fourth-order valence-electron chi connectivity index (χ4n) is 1.31. The molecule has 0 fully saturated rings. The first-order valence-electron chi connectivity index (χ1n) is 4.87. The van der Waals surface area contributed by atoms with Gasteiger partial charge < -0.3 is 15.7 Å². The molecule has 15 heavy (non-hydrogen) atoms. The van der Waals surface area contributed by atoms with Gasteiger partial charge in [0.05, 0.1) is 23.7 Å². The highest BCUT2D eigenvalue weighted by atomic mass is 16.3. The lowest BCUT2D eigenvalue weighted by molar-refractivity contribution is 0.0884. The summed E-state index contributed by atoms with van der Waals surface area (Å²) in [5.74, 6) is 0.731. The van der Waals surface area contributed by atoms with Gasteiger partial charge in [0, 0.05) is 20.1 Å². The molecule has 0 amide bonds. The number of aromatic nitrogens is 2. The van der Waals surface area contributed by atoms with Crippen molar-refractivity contribution in [3.05, 3.63) is 18.1 Å². The second-order valence-electron chi connectivity index (χ2n) is 4.24. The lowest BCUT2D eigenvalue weighted by Crippen LogP contribution is -2.36. The van der Waals surface area contributed by atoms with Crippen LogP contribution in [0.25, 0.3) is 0 Å². The highest BCUT2D eigenvalue weighted by Crippen LogP contribution is 2.11. The van der Waals surface area contributed by atoms with E-state index in [4.69, 9.17) is 5.73 Å². The minimum atomic E-state index is -0.747. The normalized spacial score (nSPS) is 11.5. The first-order valence-corrected chi connectivity index (χ1v) is 4.87. The summed E-state index contributed by atoms with van der Waals surface area (Å²) < 4.78 is 0. The van der Waals surface area contributed by atoms with Crippen molar-refractivity contribution in [1.82, 2.24) is 9.97 Å². The van der Waals surface area contributed by atoms with E-state index in [-0.39, 0.29) is 0 Å². The van der Waals surface area contributed by atoms with Crippen LogP contribution in [0.4, 0.5) is 5.82 Å². The van der Waals surface area contributed by atoms with Crippen molar-refractivity contribution < 1.29 is 5.11 Å². The molecule has 0 spiro atoms. The molecular weight excluding hydrogens is 192 g/mol. The van der Waals surface area contributed by atoms with Crippen LogP contribution in [0.5, 0.6) is 0 Å². The summed E-state index contributed by atoms with van der Waals surface area (Å²) in [5.41, 5.74) is 5.43. The maximum Gasteiger partial charge on any atom is 0.146 e. The summed E-state index contributed by atoms with van der Waals surface area (Å²) in [6, 6.07) is 0. The Morgan fingerprint density at radius 3 is 2.47 bits per heavy atom. The number of nitrogens with zero attached hydrogens (tertiary/aromatic N) is 3. The molecule has 0 atom stereocenters. The zero-order valence-electron chi connectivity index (χ0n) is 9.44. The van der Waals surface area contributed by atoms with Crippen LogP contribution in [-0.2, 0) is 6.54 Å². The highest BCUT2D eigenvalue weighted by molar-refractivity contribution is 5.34. The third-order valence-corrected chi connectivity index (χ3v) is 1.92. The predicted octanol–water partition coefficient (Wildman–Crippen LogP) is 0.142. The smallest absolute Gasteiger partial charge is 0.146 e. The molecule has 1 rings (SSSR count). The van der Waals surface area contributed by atoms with E-state index in [9.17, 15) is 5.11 Å². The lowest BCUT2D eigenvalue weighted by Gasteiger charge is -2.26. The molecule has 3 N–H and O–H groups in total. The number of nitrogens with two attached hydrogens (primary N) is 1. The second kappa shape index (κ2) is 4.55. The topological polar surface area (TPSA) is 75.3 Å². The SMILES string of the molecule is CN(CC(C)(C)O)c1cnc(CN)cn1. The van der Waals surface area contributed by atoms with E-state index in [1.54, 1.807) is 26.2 Å². The fraction of sp³-hybridized carbons (Fsp3) is 0.600. The van der Waals surface area contributed by atoms with Crippen LogP contribution in [0.3, 0.4) is 0 Å². The highest BCUT2D eigenvalue weighted by Gasteiger charge is 2.16. The molecule has 0 unspecified atom stereocenters. The van der Waals surface area contributed by atoms with Gasteiger partial charge in [-0.3, -0.25) is 4.98 Å². The maximum absolute atomic E-state index is 9.64. The molecule has 0 saturated heterocycles. The van der Waals surface area contributed by atoms with E-state index >= 15 is 0 Å². The molecular formula is C10H18N4O. The minimum Gasteiger partial charge on any atom is -0.389 e. The zero-order valence-corrected chi connectivity index (χ0v) is 9.44. The van der Waals surface area contributed by atoms with Gasteiger partial charge in [-0.15, -0.1) is 0 Å². The number of rotatable bonds is 4. The molecule has 0 saturated carbocycles. The quantitative estimate of drug-likeness (QED) is 0.739. The number of aliphatic hydroxyl groups is 1. The molecule has 0 aromatic carbocycles. The first-order chi connectivity index (χ1) is 6.92. The van der Waals surface area contributed by atoms with E-state index < -0.39 is 5.60 Å². The summed E-state index contributed by atoms with van der Waals surface area (Å²) in [6.45, 7) is 4.41. The Morgan fingerprint density at radius 1 is 1.40 bits per heavy atom. The molecule has 84 valence electrons. The fourth-order valence-corrected chi connectivity index (χ4v) is 1.31. The molecule has 5 nitrogen and oxygen atoms in total. The van der Waals surface area contributed by atoms with Crippen molar-refractivity contribution in [2.45, 2.75) is 26.0 Å². The summed E-state index contributed by atoms with van der Waals surface area (Å²) in [5, 5.41) is 9.64. The van der Waals surface area contributed by atoms with E-state index in [1.165, 1.54) is 0 Å². The standard InChI is InChI=1S/C10H18N4O/c1-10(2,15)7-14(3)9-6-12-8(4-11)5-13-9/h5-6,15H,4,7,11H2,1-3H3. The maximum atomic E-state index is 9.64. The Morgan fingerprint density at radius 2 is 2.07 bits per heavy atom. The summed E-state index contributed by atoms with van der Waals surface area (Å²) >= 11 is 0. The molecule has 0 radical (unpaired) electrons. The van der Waals surface area contributed by atoms with Crippen molar-refractivity contribution in [2.24, 2.45) is 5.73 Å². The molecule has 1 heterocycles. The minimum absolute atomic E-state index is 0.391. The molecule has 0 aliphatic rings. The monoisotopic (exact) mass is 210 g/mol. The van der Waals surface area contributed by atoms with E-state index in [2.05, 4.69) is 9.97 Å².